The number of benzene rings is 1. The Hall–Kier alpha value is -0.500. The summed E-state index contributed by atoms with van der Waals surface area (Å²) in [7, 11) is 0. The molecule has 2 heteroatoms. The number of rotatable bonds is 4. The Labute approximate surface area is 107 Å². The van der Waals surface area contributed by atoms with Crippen molar-refractivity contribution < 1.29 is 0 Å². The van der Waals surface area contributed by atoms with Crippen molar-refractivity contribution in [3.8, 4) is 0 Å². The molecular weight excluding hydrogens is 262 g/mol. The van der Waals surface area contributed by atoms with Gasteiger partial charge in [0.25, 0.3) is 0 Å². The van der Waals surface area contributed by atoms with Gasteiger partial charge in [0.1, 0.15) is 0 Å². The molecule has 1 fully saturated rings. The Bertz CT molecular complexity index is 343. The number of aryl methyl sites for hydroxylation is 1. The molecule has 0 heterocycles. The van der Waals surface area contributed by atoms with Gasteiger partial charge in [-0.3, -0.25) is 0 Å². The minimum atomic E-state index is 0.897. The predicted molar refractivity (Wildman–Crippen MR) is 74.0 cm³/mol. The van der Waals surface area contributed by atoms with Crippen LogP contribution in [0.1, 0.15) is 38.2 Å². The van der Waals surface area contributed by atoms with Crippen molar-refractivity contribution in [3.05, 3.63) is 28.2 Å². The molecule has 1 aromatic carbocycles. The quantitative estimate of drug-likeness (QED) is 0.850. The molecule has 0 amide bonds. The van der Waals surface area contributed by atoms with Gasteiger partial charge in [0, 0.05) is 16.7 Å². The van der Waals surface area contributed by atoms with Crippen LogP contribution in [0.5, 0.6) is 0 Å². The first-order valence-corrected chi connectivity index (χ1v) is 7.11. The van der Waals surface area contributed by atoms with Gasteiger partial charge in [-0.05, 0) is 48.9 Å². The standard InChI is InChI=1S/C14H20BrN/c1-2-12-9-13(15)7-8-14(12)16-10-11-5-3-4-6-11/h7-9,11,16H,2-6,10H2,1H3. The summed E-state index contributed by atoms with van der Waals surface area (Å²) < 4.78 is 1.18. The van der Waals surface area contributed by atoms with Crippen LogP contribution in [0.25, 0.3) is 0 Å². The first-order valence-electron chi connectivity index (χ1n) is 6.32. The highest BCUT2D eigenvalue weighted by molar-refractivity contribution is 9.10. The molecule has 0 aromatic heterocycles. The summed E-state index contributed by atoms with van der Waals surface area (Å²) in [5.41, 5.74) is 2.73. The minimum absolute atomic E-state index is 0.897. The average Bonchev–Trinajstić information content (AvgIpc) is 2.80. The zero-order valence-electron chi connectivity index (χ0n) is 9.93. The van der Waals surface area contributed by atoms with Gasteiger partial charge >= 0.3 is 0 Å². The monoisotopic (exact) mass is 281 g/mol. The largest absolute Gasteiger partial charge is 0.385 e. The number of anilines is 1. The molecule has 1 nitrogen and oxygen atoms in total. The zero-order valence-corrected chi connectivity index (χ0v) is 11.5. The Kier molecular flexibility index (Phi) is 4.28. The number of hydrogen-bond acceptors (Lipinski definition) is 1. The fourth-order valence-corrected chi connectivity index (χ4v) is 2.90. The van der Waals surface area contributed by atoms with E-state index in [0.717, 1.165) is 18.9 Å². The second-order valence-corrected chi connectivity index (χ2v) is 5.60. The normalized spacial score (nSPS) is 16.6. The molecule has 88 valence electrons. The third-order valence-electron chi connectivity index (χ3n) is 3.50. The van der Waals surface area contributed by atoms with Crippen LogP contribution in [0.15, 0.2) is 22.7 Å². The van der Waals surface area contributed by atoms with Crippen molar-refractivity contribution in [1.29, 1.82) is 0 Å². The third-order valence-corrected chi connectivity index (χ3v) is 4.00. The molecule has 0 radical (unpaired) electrons. The smallest absolute Gasteiger partial charge is 0.0373 e. The molecule has 16 heavy (non-hydrogen) atoms. The molecule has 0 aliphatic heterocycles. The summed E-state index contributed by atoms with van der Waals surface area (Å²) in [6, 6.07) is 6.53. The predicted octanol–water partition coefficient (Wildman–Crippen LogP) is 4.61. The lowest BCUT2D eigenvalue weighted by Crippen LogP contribution is -2.12. The summed E-state index contributed by atoms with van der Waals surface area (Å²) in [4.78, 5) is 0. The van der Waals surface area contributed by atoms with E-state index in [0.29, 0.717) is 0 Å². The Morgan fingerprint density at radius 3 is 2.75 bits per heavy atom. The van der Waals surface area contributed by atoms with E-state index in [-0.39, 0.29) is 0 Å². The van der Waals surface area contributed by atoms with Gasteiger partial charge in [0.05, 0.1) is 0 Å². The fourth-order valence-electron chi connectivity index (χ4n) is 2.50. The molecule has 0 bridgehead atoms. The van der Waals surface area contributed by atoms with Crippen LogP contribution in [0.4, 0.5) is 5.69 Å². The number of hydrogen-bond donors (Lipinski definition) is 1. The molecule has 1 saturated carbocycles. The van der Waals surface area contributed by atoms with Gasteiger partial charge in [0.2, 0.25) is 0 Å². The van der Waals surface area contributed by atoms with Crippen LogP contribution in [-0.2, 0) is 6.42 Å². The van der Waals surface area contributed by atoms with Gasteiger partial charge in [-0.2, -0.15) is 0 Å². The molecule has 1 aliphatic rings. The maximum atomic E-state index is 3.61. The first kappa shape index (κ1) is 12.0. The summed E-state index contributed by atoms with van der Waals surface area (Å²) in [5.74, 6) is 0.897. The Balaban J connectivity index is 1.97. The van der Waals surface area contributed by atoms with Crippen molar-refractivity contribution in [1.82, 2.24) is 0 Å². The summed E-state index contributed by atoms with van der Waals surface area (Å²) in [6.45, 7) is 3.36. The molecule has 0 spiro atoms. The number of nitrogens with one attached hydrogen (secondary N) is 1. The van der Waals surface area contributed by atoms with Crippen LogP contribution in [0, 0.1) is 5.92 Å². The molecule has 2 rings (SSSR count). The molecule has 1 aliphatic carbocycles. The summed E-state index contributed by atoms with van der Waals surface area (Å²) in [6.07, 6.45) is 6.75. The van der Waals surface area contributed by atoms with E-state index in [2.05, 4.69) is 46.4 Å². The van der Waals surface area contributed by atoms with Crippen LogP contribution >= 0.6 is 15.9 Å². The second-order valence-electron chi connectivity index (χ2n) is 4.69. The van der Waals surface area contributed by atoms with Gasteiger partial charge in [0.15, 0.2) is 0 Å². The zero-order chi connectivity index (χ0) is 11.4. The highest BCUT2D eigenvalue weighted by Gasteiger charge is 2.14. The van der Waals surface area contributed by atoms with Gasteiger partial charge in [-0.1, -0.05) is 35.7 Å². The van der Waals surface area contributed by atoms with E-state index >= 15 is 0 Å². The van der Waals surface area contributed by atoms with Gasteiger partial charge in [-0.25, -0.2) is 0 Å². The molecule has 0 unspecified atom stereocenters. The molecule has 0 saturated heterocycles. The van der Waals surface area contributed by atoms with Crippen molar-refractivity contribution in [2.24, 2.45) is 5.92 Å². The highest BCUT2D eigenvalue weighted by atomic mass is 79.9. The lowest BCUT2D eigenvalue weighted by atomic mass is 10.1. The lowest BCUT2D eigenvalue weighted by molar-refractivity contribution is 0.579. The van der Waals surface area contributed by atoms with E-state index in [1.54, 1.807) is 0 Å². The number of halogens is 1. The van der Waals surface area contributed by atoms with Crippen LogP contribution in [-0.4, -0.2) is 6.54 Å². The maximum absolute atomic E-state index is 3.61. The van der Waals surface area contributed by atoms with Crippen LogP contribution in [0.2, 0.25) is 0 Å². The lowest BCUT2D eigenvalue weighted by Gasteiger charge is -2.15. The van der Waals surface area contributed by atoms with E-state index < -0.39 is 0 Å². The van der Waals surface area contributed by atoms with E-state index in [1.807, 2.05) is 0 Å². The third kappa shape index (κ3) is 3.00. The van der Waals surface area contributed by atoms with Crippen molar-refractivity contribution in [2.75, 3.05) is 11.9 Å². The average molecular weight is 282 g/mol. The summed E-state index contributed by atoms with van der Waals surface area (Å²) in [5, 5.41) is 3.61. The fraction of sp³-hybridized carbons (Fsp3) is 0.571. The molecule has 0 atom stereocenters. The first-order chi connectivity index (χ1) is 7.79. The Morgan fingerprint density at radius 1 is 1.31 bits per heavy atom. The van der Waals surface area contributed by atoms with E-state index in [9.17, 15) is 0 Å². The van der Waals surface area contributed by atoms with E-state index in [1.165, 1.54) is 41.4 Å². The molecule has 1 aromatic rings. The summed E-state index contributed by atoms with van der Waals surface area (Å²) >= 11 is 3.53. The molecular formula is C14H20BrN. The topological polar surface area (TPSA) is 12.0 Å². The van der Waals surface area contributed by atoms with E-state index in [4.69, 9.17) is 0 Å². The Morgan fingerprint density at radius 2 is 2.06 bits per heavy atom. The highest BCUT2D eigenvalue weighted by Crippen LogP contribution is 2.26. The second kappa shape index (κ2) is 5.72. The van der Waals surface area contributed by atoms with Gasteiger partial charge in [-0.15, -0.1) is 0 Å². The van der Waals surface area contributed by atoms with Crippen LogP contribution in [0.3, 0.4) is 0 Å². The SMILES string of the molecule is CCc1cc(Br)ccc1NCC1CCCC1. The van der Waals surface area contributed by atoms with Crippen molar-refractivity contribution in [2.45, 2.75) is 39.0 Å². The van der Waals surface area contributed by atoms with Crippen molar-refractivity contribution in [3.63, 3.8) is 0 Å². The van der Waals surface area contributed by atoms with Gasteiger partial charge < -0.3 is 5.32 Å². The van der Waals surface area contributed by atoms with Crippen molar-refractivity contribution >= 4 is 21.6 Å². The van der Waals surface area contributed by atoms with Crippen LogP contribution < -0.4 is 5.32 Å². The minimum Gasteiger partial charge on any atom is -0.385 e. The maximum Gasteiger partial charge on any atom is 0.0373 e. The molecule has 1 N–H and O–H groups in total.